The number of hydrogen-bond acceptors (Lipinski definition) is 4. The van der Waals surface area contributed by atoms with E-state index in [1.165, 1.54) is 4.90 Å². The maximum absolute atomic E-state index is 11.3. The molecule has 0 spiro atoms. The fourth-order valence-corrected chi connectivity index (χ4v) is 2.49. The monoisotopic (exact) mass is 266 g/mol. The molecule has 0 amide bonds. The van der Waals surface area contributed by atoms with Crippen molar-refractivity contribution in [3.05, 3.63) is 0 Å². The summed E-state index contributed by atoms with van der Waals surface area (Å²) >= 11 is 0. The van der Waals surface area contributed by atoms with Crippen molar-refractivity contribution in [3.8, 4) is 0 Å². The summed E-state index contributed by atoms with van der Waals surface area (Å²) in [5, 5.41) is 10.1. The molecule has 0 unspecified atom stereocenters. The molecule has 0 aliphatic heterocycles. The second kappa shape index (κ2) is 8.43. The van der Waals surface area contributed by atoms with Gasteiger partial charge in [0.1, 0.15) is 0 Å². The number of sulfonamides is 1. The molecule has 0 aromatic rings. The molecule has 102 valence electrons. The Morgan fingerprint density at radius 3 is 2.35 bits per heavy atom. The van der Waals surface area contributed by atoms with Gasteiger partial charge in [-0.3, -0.25) is 0 Å². The van der Waals surface area contributed by atoms with Crippen molar-refractivity contribution in [1.29, 1.82) is 0 Å². The average Bonchev–Trinajstić information content (AvgIpc) is 2.27. The summed E-state index contributed by atoms with van der Waals surface area (Å²) in [6, 6.07) is 0. The van der Waals surface area contributed by atoms with Crippen LogP contribution < -0.4 is 14.7 Å². The highest BCUT2D eigenvalue weighted by Gasteiger charge is 2.10. The third-order valence-corrected chi connectivity index (χ3v) is 3.99. The highest BCUT2D eigenvalue weighted by Crippen LogP contribution is 1.88. The lowest BCUT2D eigenvalue weighted by Crippen LogP contribution is -3.11. The fourth-order valence-electron chi connectivity index (χ4n) is 1.46. The smallest absolute Gasteiger partial charge is 0.211 e. The second-order valence-corrected chi connectivity index (χ2v) is 5.82. The standard InChI is InChI=1S/C10H22N2O4S/c1-3-12(4-2)8-5-7-11-17(15,16)9-6-10(13)14/h11H,3-9H2,1-2H3,(H,13,14). The molecule has 0 aliphatic rings. The Balaban J connectivity index is 3.76. The molecule has 0 radical (unpaired) electrons. The fraction of sp³-hybridized carbons (Fsp3) is 0.900. The van der Waals surface area contributed by atoms with Crippen LogP contribution in [0.15, 0.2) is 0 Å². The minimum Gasteiger partial charge on any atom is -0.550 e. The van der Waals surface area contributed by atoms with Gasteiger partial charge in [0, 0.05) is 25.4 Å². The van der Waals surface area contributed by atoms with Crippen molar-refractivity contribution >= 4 is 16.0 Å². The van der Waals surface area contributed by atoms with Crippen molar-refractivity contribution in [3.63, 3.8) is 0 Å². The lowest BCUT2D eigenvalue weighted by molar-refractivity contribution is -0.896. The van der Waals surface area contributed by atoms with E-state index in [2.05, 4.69) is 18.6 Å². The summed E-state index contributed by atoms with van der Waals surface area (Å²) in [6.45, 7) is 7.49. The van der Waals surface area contributed by atoms with Crippen molar-refractivity contribution < 1.29 is 23.2 Å². The van der Waals surface area contributed by atoms with Crippen LogP contribution in [0.3, 0.4) is 0 Å². The molecule has 7 heteroatoms. The normalized spacial score (nSPS) is 11.9. The van der Waals surface area contributed by atoms with E-state index in [0.717, 1.165) is 26.1 Å². The lowest BCUT2D eigenvalue weighted by Gasteiger charge is -2.15. The number of carbonyl (C=O) groups is 1. The van der Waals surface area contributed by atoms with E-state index in [0.29, 0.717) is 6.54 Å². The minimum absolute atomic E-state index is 0.360. The molecule has 6 nitrogen and oxygen atoms in total. The van der Waals surface area contributed by atoms with Gasteiger partial charge in [-0.25, -0.2) is 13.1 Å². The number of hydrogen-bond donors (Lipinski definition) is 2. The third kappa shape index (κ3) is 9.08. The first-order valence-electron chi connectivity index (χ1n) is 5.92. The Morgan fingerprint density at radius 2 is 1.88 bits per heavy atom. The molecule has 0 bridgehead atoms. The van der Waals surface area contributed by atoms with Crippen LogP contribution in [0, 0.1) is 0 Å². The largest absolute Gasteiger partial charge is 0.550 e. The van der Waals surface area contributed by atoms with E-state index in [4.69, 9.17) is 0 Å². The van der Waals surface area contributed by atoms with Crippen molar-refractivity contribution in [2.24, 2.45) is 0 Å². The first-order chi connectivity index (χ1) is 7.91. The summed E-state index contributed by atoms with van der Waals surface area (Å²) in [5.74, 6) is -1.75. The van der Waals surface area contributed by atoms with Gasteiger partial charge < -0.3 is 14.8 Å². The predicted octanol–water partition coefficient (Wildman–Crippen LogP) is -2.64. The number of carbonyl (C=O) groups excluding carboxylic acids is 1. The lowest BCUT2D eigenvalue weighted by atomic mass is 10.4. The molecule has 0 saturated heterocycles. The van der Waals surface area contributed by atoms with Crippen LogP contribution >= 0.6 is 0 Å². The van der Waals surface area contributed by atoms with Crippen molar-refractivity contribution in [2.75, 3.05) is 31.9 Å². The molecule has 0 aromatic heterocycles. The summed E-state index contributed by atoms with van der Waals surface area (Å²) < 4.78 is 25.0. The Labute approximate surface area is 103 Å². The maximum Gasteiger partial charge on any atom is 0.211 e. The van der Waals surface area contributed by atoms with E-state index in [-0.39, 0.29) is 0 Å². The molecule has 0 fully saturated rings. The predicted molar refractivity (Wildman–Crippen MR) is 62.9 cm³/mol. The Bertz CT molecular complexity index is 312. The van der Waals surface area contributed by atoms with E-state index in [9.17, 15) is 18.3 Å². The first-order valence-corrected chi connectivity index (χ1v) is 7.57. The SMILES string of the molecule is CC[NH+](CC)CCCNS(=O)(=O)CCC(=O)[O-]. The number of aliphatic carboxylic acids is 1. The zero-order valence-electron chi connectivity index (χ0n) is 10.5. The average molecular weight is 266 g/mol. The molecule has 0 rings (SSSR count). The number of carboxylic acid groups (broad SMARTS) is 1. The van der Waals surface area contributed by atoms with Gasteiger partial charge in [-0.15, -0.1) is 0 Å². The van der Waals surface area contributed by atoms with Crippen molar-refractivity contribution in [2.45, 2.75) is 26.7 Å². The van der Waals surface area contributed by atoms with Gasteiger partial charge in [0.2, 0.25) is 10.0 Å². The Morgan fingerprint density at radius 1 is 1.29 bits per heavy atom. The van der Waals surface area contributed by atoms with Crippen molar-refractivity contribution in [1.82, 2.24) is 4.72 Å². The minimum atomic E-state index is -3.47. The molecule has 0 heterocycles. The topological polar surface area (TPSA) is 90.7 Å². The molecule has 0 saturated carbocycles. The number of nitrogens with one attached hydrogen (secondary N) is 2. The van der Waals surface area contributed by atoms with E-state index >= 15 is 0 Å². The van der Waals surface area contributed by atoms with Crippen LogP contribution in [0.25, 0.3) is 0 Å². The van der Waals surface area contributed by atoms with Gasteiger partial charge in [-0.05, 0) is 13.8 Å². The van der Waals surface area contributed by atoms with Crippen LogP contribution in [0.5, 0.6) is 0 Å². The van der Waals surface area contributed by atoms with Gasteiger partial charge in [0.05, 0.1) is 25.4 Å². The Hall–Kier alpha value is -0.660. The molecule has 2 N–H and O–H groups in total. The highest BCUT2D eigenvalue weighted by molar-refractivity contribution is 7.89. The quantitative estimate of drug-likeness (QED) is 0.423. The van der Waals surface area contributed by atoms with Crippen LogP contribution in [-0.4, -0.2) is 46.3 Å². The summed E-state index contributed by atoms with van der Waals surface area (Å²) in [5.41, 5.74) is 0. The second-order valence-electron chi connectivity index (χ2n) is 3.90. The number of rotatable bonds is 10. The van der Waals surface area contributed by atoms with E-state index < -0.39 is 28.2 Å². The van der Waals surface area contributed by atoms with Gasteiger partial charge in [0.25, 0.3) is 0 Å². The summed E-state index contributed by atoms with van der Waals surface area (Å²) in [6.07, 6.45) is 0.290. The van der Waals surface area contributed by atoms with Gasteiger partial charge in [0.15, 0.2) is 0 Å². The molecule has 0 aliphatic carbocycles. The van der Waals surface area contributed by atoms with Gasteiger partial charge in [-0.2, -0.15) is 0 Å². The van der Waals surface area contributed by atoms with Crippen LogP contribution in [0.2, 0.25) is 0 Å². The summed E-state index contributed by atoms with van der Waals surface area (Å²) in [7, 11) is -3.47. The zero-order chi connectivity index (χ0) is 13.3. The molecular weight excluding hydrogens is 244 g/mol. The van der Waals surface area contributed by atoms with Gasteiger partial charge in [-0.1, -0.05) is 0 Å². The molecular formula is C10H22N2O4S. The molecule has 17 heavy (non-hydrogen) atoms. The molecule has 0 aromatic carbocycles. The first kappa shape index (κ1) is 16.3. The maximum atomic E-state index is 11.3. The zero-order valence-corrected chi connectivity index (χ0v) is 11.3. The van der Waals surface area contributed by atoms with E-state index in [1.54, 1.807) is 0 Å². The molecule has 0 atom stereocenters. The van der Waals surface area contributed by atoms with E-state index in [1.807, 2.05) is 0 Å². The highest BCUT2D eigenvalue weighted by atomic mass is 32.2. The third-order valence-electron chi connectivity index (χ3n) is 2.60. The van der Waals surface area contributed by atoms with Crippen LogP contribution in [0.1, 0.15) is 26.7 Å². The number of carboxylic acids is 1. The Kier molecular flexibility index (Phi) is 8.11. The van der Waals surface area contributed by atoms with Crippen LogP contribution in [-0.2, 0) is 14.8 Å². The summed E-state index contributed by atoms with van der Waals surface area (Å²) in [4.78, 5) is 11.6. The van der Waals surface area contributed by atoms with Gasteiger partial charge >= 0.3 is 0 Å². The van der Waals surface area contributed by atoms with Crippen LogP contribution in [0.4, 0.5) is 0 Å². The number of quaternary nitrogens is 1.